The molecule has 4 nitrogen and oxygen atoms in total. The van der Waals surface area contributed by atoms with Gasteiger partial charge in [-0.1, -0.05) is 12.1 Å². The second-order valence-electron chi connectivity index (χ2n) is 5.65. The van der Waals surface area contributed by atoms with E-state index in [0.29, 0.717) is 12.8 Å². The maximum Gasteiger partial charge on any atom is 0.323 e. The summed E-state index contributed by atoms with van der Waals surface area (Å²) in [6, 6.07) is 6.03. The third kappa shape index (κ3) is 2.28. The lowest BCUT2D eigenvalue weighted by molar-refractivity contribution is -0.146. The van der Waals surface area contributed by atoms with Gasteiger partial charge in [0.1, 0.15) is 12.4 Å². The molecule has 0 saturated heterocycles. The molecule has 2 aliphatic rings. The number of amides is 1. The Morgan fingerprint density at radius 2 is 1.85 bits per heavy atom. The number of benzene rings is 1. The number of aliphatic carboxylic acids is 1. The van der Waals surface area contributed by atoms with E-state index in [9.17, 15) is 14.0 Å². The standard InChI is InChI=1S/C15H16FNO3/c16-11-3-1-10(2-4-11)15(7-8-15)14(20)17(9-13(18)19)12-5-6-12/h1-4,12H,5-9H2,(H,18,19). The zero-order chi connectivity index (χ0) is 14.3. The number of carbonyl (C=O) groups excluding carboxylic acids is 1. The highest BCUT2D eigenvalue weighted by Crippen LogP contribution is 2.50. The predicted octanol–water partition coefficient (Wildman–Crippen LogP) is 1.93. The fourth-order valence-corrected chi connectivity index (χ4v) is 2.69. The van der Waals surface area contributed by atoms with Crippen LogP contribution in [0.15, 0.2) is 24.3 Å². The molecule has 2 fully saturated rings. The molecule has 0 atom stereocenters. The molecule has 0 aromatic heterocycles. The molecule has 0 aliphatic heterocycles. The molecule has 3 rings (SSSR count). The smallest absolute Gasteiger partial charge is 0.323 e. The van der Waals surface area contributed by atoms with Crippen molar-refractivity contribution in [3.8, 4) is 0 Å². The van der Waals surface area contributed by atoms with Crippen molar-refractivity contribution >= 4 is 11.9 Å². The highest BCUT2D eigenvalue weighted by molar-refractivity contribution is 5.93. The summed E-state index contributed by atoms with van der Waals surface area (Å²) < 4.78 is 13.0. The van der Waals surface area contributed by atoms with Gasteiger partial charge in [-0.15, -0.1) is 0 Å². The van der Waals surface area contributed by atoms with E-state index in [1.54, 1.807) is 12.1 Å². The number of hydrogen-bond acceptors (Lipinski definition) is 2. The number of rotatable bonds is 5. The van der Waals surface area contributed by atoms with Crippen LogP contribution in [0.3, 0.4) is 0 Å². The summed E-state index contributed by atoms with van der Waals surface area (Å²) in [4.78, 5) is 25.1. The fraction of sp³-hybridized carbons (Fsp3) is 0.467. The van der Waals surface area contributed by atoms with Crippen LogP contribution in [0.5, 0.6) is 0 Å². The third-order valence-corrected chi connectivity index (χ3v) is 4.11. The normalized spacial score (nSPS) is 19.4. The molecule has 1 N–H and O–H groups in total. The van der Waals surface area contributed by atoms with Crippen molar-refractivity contribution in [2.75, 3.05) is 6.54 Å². The van der Waals surface area contributed by atoms with Crippen molar-refractivity contribution in [1.82, 2.24) is 4.90 Å². The van der Waals surface area contributed by atoms with Crippen molar-refractivity contribution in [1.29, 1.82) is 0 Å². The van der Waals surface area contributed by atoms with Crippen molar-refractivity contribution < 1.29 is 19.1 Å². The highest BCUT2D eigenvalue weighted by atomic mass is 19.1. The molecule has 0 unspecified atom stereocenters. The minimum Gasteiger partial charge on any atom is -0.480 e. The Labute approximate surface area is 116 Å². The summed E-state index contributed by atoms with van der Waals surface area (Å²) in [6.07, 6.45) is 3.16. The molecule has 20 heavy (non-hydrogen) atoms. The largest absolute Gasteiger partial charge is 0.480 e. The first-order chi connectivity index (χ1) is 9.53. The van der Waals surface area contributed by atoms with E-state index in [0.717, 1.165) is 18.4 Å². The number of carbonyl (C=O) groups is 2. The average molecular weight is 277 g/mol. The van der Waals surface area contributed by atoms with Crippen LogP contribution < -0.4 is 0 Å². The Balaban J connectivity index is 1.84. The van der Waals surface area contributed by atoms with Crippen molar-refractivity contribution in [2.45, 2.75) is 37.1 Å². The van der Waals surface area contributed by atoms with Crippen molar-refractivity contribution in [3.05, 3.63) is 35.6 Å². The van der Waals surface area contributed by atoms with Crippen LogP contribution in [0.25, 0.3) is 0 Å². The van der Waals surface area contributed by atoms with Crippen LogP contribution in [-0.2, 0) is 15.0 Å². The van der Waals surface area contributed by atoms with Gasteiger partial charge in [-0.2, -0.15) is 0 Å². The molecule has 1 aromatic rings. The van der Waals surface area contributed by atoms with Gasteiger partial charge in [0.05, 0.1) is 5.41 Å². The lowest BCUT2D eigenvalue weighted by Crippen LogP contribution is -2.43. The van der Waals surface area contributed by atoms with Crippen molar-refractivity contribution in [2.24, 2.45) is 0 Å². The maximum absolute atomic E-state index is 13.0. The summed E-state index contributed by atoms with van der Waals surface area (Å²) in [7, 11) is 0. The van der Waals surface area contributed by atoms with Gasteiger partial charge in [0.15, 0.2) is 0 Å². The highest BCUT2D eigenvalue weighted by Gasteiger charge is 2.55. The molecule has 0 bridgehead atoms. The van der Waals surface area contributed by atoms with Gasteiger partial charge in [-0.25, -0.2) is 4.39 Å². The molecular weight excluding hydrogens is 261 g/mol. The minimum atomic E-state index is -0.986. The van der Waals surface area contributed by atoms with E-state index in [2.05, 4.69) is 0 Å². The Hall–Kier alpha value is -1.91. The summed E-state index contributed by atoms with van der Waals surface area (Å²) in [5.41, 5.74) is 0.172. The van der Waals surface area contributed by atoms with Crippen LogP contribution in [0.2, 0.25) is 0 Å². The summed E-state index contributed by atoms with van der Waals surface area (Å²) in [6.45, 7) is -0.244. The molecule has 5 heteroatoms. The number of hydrogen-bond donors (Lipinski definition) is 1. The molecule has 1 amide bonds. The van der Waals surface area contributed by atoms with E-state index >= 15 is 0 Å². The Morgan fingerprint density at radius 1 is 1.25 bits per heavy atom. The van der Waals surface area contributed by atoms with E-state index < -0.39 is 11.4 Å². The molecule has 0 radical (unpaired) electrons. The second kappa shape index (κ2) is 4.58. The maximum atomic E-state index is 13.0. The van der Waals surface area contributed by atoms with Gasteiger partial charge in [0.25, 0.3) is 0 Å². The van der Waals surface area contributed by atoms with E-state index in [1.807, 2.05) is 0 Å². The average Bonchev–Trinajstić information content (AvgIpc) is 3.27. The summed E-state index contributed by atoms with van der Waals surface area (Å²) in [5.74, 6) is -1.43. The van der Waals surface area contributed by atoms with Gasteiger partial charge in [-0.05, 0) is 43.4 Å². The number of carboxylic acid groups (broad SMARTS) is 1. The lowest BCUT2D eigenvalue weighted by atomic mass is 9.94. The van der Waals surface area contributed by atoms with Crippen LogP contribution >= 0.6 is 0 Å². The molecule has 0 spiro atoms. The second-order valence-corrected chi connectivity index (χ2v) is 5.65. The zero-order valence-electron chi connectivity index (χ0n) is 11.0. The van der Waals surface area contributed by atoms with Crippen LogP contribution in [0.1, 0.15) is 31.2 Å². The van der Waals surface area contributed by atoms with Crippen LogP contribution in [-0.4, -0.2) is 34.5 Å². The number of halogens is 1. The molecule has 1 aromatic carbocycles. The quantitative estimate of drug-likeness (QED) is 0.894. The monoisotopic (exact) mass is 277 g/mol. The molecule has 2 aliphatic carbocycles. The molecular formula is C15H16FNO3. The molecule has 106 valence electrons. The van der Waals surface area contributed by atoms with Crippen LogP contribution in [0.4, 0.5) is 4.39 Å². The Bertz CT molecular complexity index is 547. The first-order valence-corrected chi connectivity index (χ1v) is 6.82. The van der Waals surface area contributed by atoms with Gasteiger partial charge in [0, 0.05) is 6.04 Å². The van der Waals surface area contributed by atoms with E-state index in [4.69, 9.17) is 5.11 Å². The predicted molar refractivity (Wildman–Crippen MR) is 69.7 cm³/mol. The fourth-order valence-electron chi connectivity index (χ4n) is 2.69. The first-order valence-electron chi connectivity index (χ1n) is 6.82. The SMILES string of the molecule is O=C(O)CN(C(=O)C1(c2ccc(F)cc2)CC1)C1CC1. The lowest BCUT2D eigenvalue weighted by Gasteiger charge is -2.26. The van der Waals surface area contributed by atoms with Gasteiger partial charge in [0.2, 0.25) is 5.91 Å². The Kier molecular flexibility index (Phi) is 3.00. The number of carboxylic acids is 1. The molecule has 0 heterocycles. The summed E-state index contributed by atoms with van der Waals surface area (Å²) >= 11 is 0. The van der Waals surface area contributed by atoms with Gasteiger partial charge < -0.3 is 10.0 Å². The number of nitrogens with zero attached hydrogens (tertiary/aromatic N) is 1. The summed E-state index contributed by atoms with van der Waals surface area (Å²) in [5, 5.41) is 8.96. The first kappa shape index (κ1) is 13.1. The zero-order valence-corrected chi connectivity index (χ0v) is 11.0. The van der Waals surface area contributed by atoms with Crippen molar-refractivity contribution in [3.63, 3.8) is 0 Å². The minimum absolute atomic E-state index is 0.0662. The van der Waals surface area contributed by atoms with E-state index in [1.165, 1.54) is 17.0 Å². The molecule has 2 saturated carbocycles. The van der Waals surface area contributed by atoms with Gasteiger partial charge in [-0.3, -0.25) is 9.59 Å². The van der Waals surface area contributed by atoms with Crippen LogP contribution in [0, 0.1) is 5.82 Å². The van der Waals surface area contributed by atoms with E-state index in [-0.39, 0.29) is 24.3 Å². The third-order valence-electron chi connectivity index (χ3n) is 4.11. The Morgan fingerprint density at radius 3 is 2.30 bits per heavy atom. The topological polar surface area (TPSA) is 57.6 Å². The van der Waals surface area contributed by atoms with Gasteiger partial charge >= 0.3 is 5.97 Å².